The molecule has 1 heterocycles. The molecule has 6 heteroatoms. The summed E-state index contributed by atoms with van der Waals surface area (Å²) in [7, 11) is 3.75. The molecule has 0 bridgehead atoms. The number of allylic oxidation sites excluding steroid dienone is 1. The van der Waals surface area contributed by atoms with Gasteiger partial charge in [0.2, 0.25) is 0 Å². The second kappa shape index (κ2) is 14.3. The number of nitrogens with one attached hydrogen (secondary N) is 1. The van der Waals surface area contributed by atoms with Crippen LogP contribution in [0.25, 0.3) is 0 Å². The lowest BCUT2D eigenvalue weighted by atomic mass is 10.0. The lowest BCUT2D eigenvalue weighted by molar-refractivity contribution is 0.517. The van der Waals surface area contributed by atoms with E-state index >= 15 is 0 Å². The van der Waals surface area contributed by atoms with Gasteiger partial charge in [0.25, 0.3) is 0 Å². The normalized spacial score (nSPS) is 10.7. The number of hydrogen-bond donors (Lipinski definition) is 2. The van der Waals surface area contributed by atoms with Crippen molar-refractivity contribution in [1.29, 1.82) is 0 Å². The molecule has 2 rings (SSSR count). The fraction of sp³-hybridized carbons (Fsp3) is 0.500. The van der Waals surface area contributed by atoms with Crippen LogP contribution in [-0.4, -0.2) is 30.4 Å². The molecule has 0 amide bonds. The zero-order chi connectivity index (χ0) is 21.7. The Kier molecular flexibility index (Phi) is 13.5. The smallest absolute Gasteiger partial charge is 0.119 e. The van der Waals surface area contributed by atoms with Crippen molar-refractivity contribution in [2.24, 2.45) is 5.73 Å². The lowest BCUT2D eigenvalue weighted by Gasteiger charge is -2.07. The number of halogens is 2. The molecule has 0 unspecified atom stereocenters. The van der Waals surface area contributed by atoms with Gasteiger partial charge in [-0.25, -0.2) is 4.39 Å². The zero-order valence-corrected chi connectivity index (χ0v) is 19.1. The van der Waals surface area contributed by atoms with Crippen molar-refractivity contribution in [3.8, 4) is 0 Å². The predicted octanol–water partition coefficient (Wildman–Crippen LogP) is 5.12. The van der Waals surface area contributed by atoms with E-state index in [0.29, 0.717) is 6.42 Å². The van der Waals surface area contributed by atoms with Crippen molar-refractivity contribution >= 4 is 11.6 Å². The van der Waals surface area contributed by atoms with Crippen LogP contribution in [0.2, 0.25) is 5.02 Å². The fourth-order valence-corrected chi connectivity index (χ4v) is 2.77. The van der Waals surface area contributed by atoms with E-state index in [4.69, 9.17) is 17.3 Å². The molecule has 0 radical (unpaired) electrons. The first-order valence-electron chi connectivity index (χ1n) is 9.66. The molecule has 0 fully saturated rings. The summed E-state index contributed by atoms with van der Waals surface area (Å²) in [5, 5.41) is 7.93. The third-order valence-electron chi connectivity index (χ3n) is 3.75. The molecule has 0 aliphatic heterocycles. The summed E-state index contributed by atoms with van der Waals surface area (Å²) in [6.45, 7) is 10.5. The van der Waals surface area contributed by atoms with Gasteiger partial charge in [0.1, 0.15) is 5.83 Å². The maximum absolute atomic E-state index is 13.6. The number of aromatic nitrogens is 2. The molecule has 0 saturated carbocycles. The Labute approximate surface area is 175 Å². The maximum atomic E-state index is 13.6. The number of rotatable bonds is 5. The van der Waals surface area contributed by atoms with Gasteiger partial charge in [-0.1, -0.05) is 44.0 Å². The van der Waals surface area contributed by atoms with Gasteiger partial charge in [-0.3, -0.25) is 4.68 Å². The average Bonchev–Trinajstić information content (AvgIpc) is 2.86. The molecule has 1 aromatic carbocycles. The Bertz CT molecular complexity index is 736. The molecule has 1 aromatic heterocycles. The highest BCUT2D eigenvalue weighted by Crippen LogP contribution is 2.24. The van der Waals surface area contributed by atoms with Gasteiger partial charge in [0.15, 0.2) is 0 Å². The second-order valence-electron chi connectivity index (χ2n) is 6.67. The van der Waals surface area contributed by atoms with Crippen LogP contribution in [-0.2, 0) is 13.0 Å². The standard InChI is InChI=1S/C17H21ClFN3.C3H8.C2H7N/c1-11-4-5-14(17(18)8-11)9-16-12(2)21-22(13(16)3)10-15(19)6-7-20;2*1-3-2/h4-6,8H,7,9-10,20H2,1-3H3;3H2,1-2H3;3H,1-2H3/b15-6-;;. The lowest BCUT2D eigenvalue weighted by Crippen LogP contribution is -2.05. The topological polar surface area (TPSA) is 55.9 Å². The Balaban J connectivity index is 0.00000108. The molecule has 4 nitrogen and oxygen atoms in total. The van der Waals surface area contributed by atoms with Gasteiger partial charge in [-0.05, 0) is 58.1 Å². The van der Waals surface area contributed by atoms with E-state index in [-0.39, 0.29) is 18.9 Å². The predicted molar refractivity (Wildman–Crippen MR) is 120 cm³/mol. The summed E-state index contributed by atoms with van der Waals surface area (Å²) < 4.78 is 15.3. The van der Waals surface area contributed by atoms with Crippen molar-refractivity contribution in [3.05, 3.63) is 63.2 Å². The Morgan fingerprint density at radius 2 is 1.82 bits per heavy atom. The van der Waals surface area contributed by atoms with Crippen LogP contribution in [0.1, 0.15) is 48.3 Å². The van der Waals surface area contributed by atoms with E-state index in [2.05, 4.69) is 24.3 Å². The number of hydrogen-bond acceptors (Lipinski definition) is 3. The molecule has 0 saturated heterocycles. The molecule has 2 aromatic rings. The van der Waals surface area contributed by atoms with Gasteiger partial charge in [-0.15, -0.1) is 0 Å². The maximum Gasteiger partial charge on any atom is 0.119 e. The number of aryl methyl sites for hydroxylation is 2. The number of benzene rings is 1. The van der Waals surface area contributed by atoms with Gasteiger partial charge >= 0.3 is 0 Å². The van der Waals surface area contributed by atoms with E-state index in [9.17, 15) is 4.39 Å². The Morgan fingerprint density at radius 3 is 2.32 bits per heavy atom. The minimum Gasteiger partial charge on any atom is -0.327 e. The van der Waals surface area contributed by atoms with E-state index in [0.717, 1.165) is 33.1 Å². The van der Waals surface area contributed by atoms with Crippen molar-refractivity contribution in [2.75, 3.05) is 20.6 Å². The van der Waals surface area contributed by atoms with Crippen LogP contribution in [0, 0.1) is 20.8 Å². The minimum atomic E-state index is -0.270. The van der Waals surface area contributed by atoms with Gasteiger partial charge in [0, 0.05) is 29.2 Å². The van der Waals surface area contributed by atoms with Gasteiger partial charge in [-0.2, -0.15) is 5.10 Å². The minimum absolute atomic E-state index is 0.117. The summed E-state index contributed by atoms with van der Waals surface area (Å²) in [5.41, 5.74) is 10.5. The van der Waals surface area contributed by atoms with Crippen LogP contribution in [0.4, 0.5) is 4.39 Å². The van der Waals surface area contributed by atoms with E-state index in [1.807, 2.05) is 53.1 Å². The van der Waals surface area contributed by atoms with Crippen LogP contribution in [0.3, 0.4) is 0 Å². The average molecular weight is 411 g/mol. The van der Waals surface area contributed by atoms with Gasteiger partial charge < -0.3 is 11.1 Å². The van der Waals surface area contributed by atoms with E-state index < -0.39 is 0 Å². The van der Waals surface area contributed by atoms with Crippen molar-refractivity contribution in [3.63, 3.8) is 0 Å². The molecule has 0 atom stereocenters. The summed E-state index contributed by atoms with van der Waals surface area (Å²) >= 11 is 6.31. The third kappa shape index (κ3) is 9.00. The van der Waals surface area contributed by atoms with Crippen LogP contribution < -0.4 is 11.1 Å². The zero-order valence-electron chi connectivity index (χ0n) is 18.4. The first-order chi connectivity index (χ1) is 13.2. The van der Waals surface area contributed by atoms with Crippen LogP contribution >= 0.6 is 11.6 Å². The molecular formula is C22H36ClFN4. The molecule has 28 heavy (non-hydrogen) atoms. The second-order valence-corrected chi connectivity index (χ2v) is 7.08. The van der Waals surface area contributed by atoms with Crippen molar-refractivity contribution in [2.45, 2.75) is 54.0 Å². The molecule has 0 aliphatic carbocycles. The monoisotopic (exact) mass is 410 g/mol. The first-order valence-corrected chi connectivity index (χ1v) is 10.0. The van der Waals surface area contributed by atoms with Crippen LogP contribution in [0.5, 0.6) is 0 Å². The fourth-order valence-electron chi connectivity index (χ4n) is 2.47. The summed E-state index contributed by atoms with van der Waals surface area (Å²) in [6.07, 6.45) is 3.31. The molecule has 0 spiro atoms. The van der Waals surface area contributed by atoms with Gasteiger partial charge in [0.05, 0.1) is 12.2 Å². The summed E-state index contributed by atoms with van der Waals surface area (Å²) in [4.78, 5) is 0. The van der Waals surface area contributed by atoms with Crippen molar-refractivity contribution < 1.29 is 4.39 Å². The highest BCUT2D eigenvalue weighted by Gasteiger charge is 2.14. The van der Waals surface area contributed by atoms with Crippen LogP contribution in [0.15, 0.2) is 30.1 Å². The van der Waals surface area contributed by atoms with E-state index in [1.54, 1.807) is 4.68 Å². The number of nitrogens with zero attached hydrogens (tertiary/aromatic N) is 2. The summed E-state index contributed by atoms with van der Waals surface area (Å²) in [6, 6.07) is 6.03. The molecule has 3 N–H and O–H groups in total. The largest absolute Gasteiger partial charge is 0.327 e. The van der Waals surface area contributed by atoms with E-state index in [1.165, 1.54) is 12.5 Å². The number of nitrogens with two attached hydrogens (primary N) is 1. The molecular weight excluding hydrogens is 375 g/mol. The first kappa shape index (κ1) is 26.3. The molecule has 158 valence electrons. The molecule has 0 aliphatic rings. The quantitative estimate of drug-likeness (QED) is 0.719. The summed E-state index contributed by atoms with van der Waals surface area (Å²) in [5.74, 6) is -0.270. The SMILES string of the molecule is CCC.CNC.Cc1ccc(Cc2c(C)nn(C/C(F)=C/CN)c2C)c(Cl)c1. The Hall–Kier alpha value is -1.69. The highest BCUT2D eigenvalue weighted by atomic mass is 35.5. The highest BCUT2D eigenvalue weighted by molar-refractivity contribution is 6.31. The third-order valence-corrected chi connectivity index (χ3v) is 4.10. The van der Waals surface area contributed by atoms with Crippen molar-refractivity contribution in [1.82, 2.24) is 15.1 Å². The Morgan fingerprint density at radius 1 is 1.25 bits per heavy atom.